The van der Waals surface area contributed by atoms with Crippen molar-refractivity contribution in [3.8, 4) is 11.4 Å². The number of nitrogens with one attached hydrogen (secondary N) is 2. The van der Waals surface area contributed by atoms with Crippen LogP contribution in [0.1, 0.15) is 11.3 Å². The van der Waals surface area contributed by atoms with Crippen LogP contribution in [0, 0.1) is 0 Å². The topological polar surface area (TPSA) is 83.1 Å². The molecule has 6 nitrogen and oxygen atoms in total. The zero-order valence-electron chi connectivity index (χ0n) is 11.6. The first-order chi connectivity index (χ1) is 10.9. The average Bonchev–Trinajstić information content (AvgIpc) is 3.23. The summed E-state index contributed by atoms with van der Waals surface area (Å²) in [6, 6.07) is 16.0. The molecule has 0 saturated heterocycles. The minimum Gasteiger partial charge on any atom is -0.277 e. The fourth-order valence-electron chi connectivity index (χ4n) is 2.32. The fraction of sp³-hybridized carbons (Fsp3) is 0. The fourth-order valence-corrected chi connectivity index (χ4v) is 2.32. The molecule has 2 aromatic heterocycles. The second kappa shape index (κ2) is 5.25. The van der Waals surface area contributed by atoms with E-state index in [2.05, 4.69) is 43.0 Å². The lowest BCUT2D eigenvalue weighted by molar-refractivity contribution is 0.881. The normalized spacial score (nSPS) is 11.5. The van der Waals surface area contributed by atoms with Gasteiger partial charge in [0.25, 0.3) is 0 Å². The second-order valence-electron chi connectivity index (χ2n) is 4.85. The minimum atomic E-state index is 0.570. The number of aromatic amines is 2. The lowest BCUT2D eigenvalue weighted by Crippen LogP contribution is -1.81. The predicted octanol–water partition coefficient (Wildman–Crippen LogP) is 2.91. The molecule has 0 saturated carbocycles. The van der Waals surface area contributed by atoms with E-state index in [1.165, 1.54) is 0 Å². The summed E-state index contributed by atoms with van der Waals surface area (Å²) in [5.74, 6) is 0.570. The van der Waals surface area contributed by atoms with Gasteiger partial charge in [0, 0.05) is 10.9 Å². The Labute approximate surface area is 125 Å². The van der Waals surface area contributed by atoms with Gasteiger partial charge in [-0.3, -0.25) is 5.10 Å². The number of aromatic nitrogens is 6. The number of rotatable bonds is 3. The Kier molecular flexibility index (Phi) is 2.97. The molecule has 0 unspecified atom stereocenters. The van der Waals surface area contributed by atoms with Crippen molar-refractivity contribution < 1.29 is 0 Å². The zero-order chi connectivity index (χ0) is 14.8. The Morgan fingerprint density at radius 2 is 1.82 bits per heavy atom. The summed E-state index contributed by atoms with van der Waals surface area (Å²) in [7, 11) is 0. The van der Waals surface area contributed by atoms with Crippen LogP contribution in [0.2, 0.25) is 0 Å². The highest BCUT2D eigenvalue weighted by molar-refractivity contribution is 5.91. The van der Waals surface area contributed by atoms with Crippen LogP contribution in [0.3, 0.4) is 0 Å². The molecule has 2 aromatic carbocycles. The number of H-pyrrole nitrogens is 2. The Bertz CT molecular complexity index is 922. The van der Waals surface area contributed by atoms with Gasteiger partial charge in [0.15, 0.2) is 0 Å². The SMILES string of the molecule is C(=Cc1n[nH]c2ccc(-c3nn[nH]n3)cc12)c1ccccc1. The molecule has 0 amide bonds. The van der Waals surface area contributed by atoms with Crippen LogP contribution in [-0.2, 0) is 0 Å². The van der Waals surface area contributed by atoms with E-state index < -0.39 is 0 Å². The van der Waals surface area contributed by atoms with Crippen molar-refractivity contribution in [2.24, 2.45) is 0 Å². The van der Waals surface area contributed by atoms with Crippen molar-refractivity contribution in [2.75, 3.05) is 0 Å². The summed E-state index contributed by atoms with van der Waals surface area (Å²) in [6.45, 7) is 0. The molecule has 4 rings (SSSR count). The van der Waals surface area contributed by atoms with Crippen LogP contribution in [-0.4, -0.2) is 30.8 Å². The van der Waals surface area contributed by atoms with Gasteiger partial charge >= 0.3 is 0 Å². The third kappa shape index (κ3) is 2.26. The third-order valence-corrected chi connectivity index (χ3v) is 3.43. The van der Waals surface area contributed by atoms with E-state index in [9.17, 15) is 0 Å². The van der Waals surface area contributed by atoms with Crippen molar-refractivity contribution >= 4 is 23.1 Å². The maximum Gasteiger partial charge on any atom is 0.204 e. The van der Waals surface area contributed by atoms with Gasteiger partial charge in [-0.2, -0.15) is 10.3 Å². The highest BCUT2D eigenvalue weighted by atomic mass is 15.5. The monoisotopic (exact) mass is 288 g/mol. The molecule has 0 aliphatic heterocycles. The first-order valence-electron chi connectivity index (χ1n) is 6.85. The van der Waals surface area contributed by atoms with E-state index >= 15 is 0 Å². The number of nitrogens with zero attached hydrogens (tertiary/aromatic N) is 4. The lowest BCUT2D eigenvalue weighted by Gasteiger charge is -1.96. The van der Waals surface area contributed by atoms with E-state index in [0.29, 0.717) is 5.82 Å². The molecule has 0 radical (unpaired) electrons. The van der Waals surface area contributed by atoms with Crippen LogP contribution in [0.15, 0.2) is 48.5 Å². The van der Waals surface area contributed by atoms with Gasteiger partial charge < -0.3 is 0 Å². The molecule has 0 atom stereocenters. The van der Waals surface area contributed by atoms with E-state index in [-0.39, 0.29) is 0 Å². The third-order valence-electron chi connectivity index (χ3n) is 3.43. The molecule has 0 spiro atoms. The summed E-state index contributed by atoms with van der Waals surface area (Å²) in [6.07, 6.45) is 4.03. The highest BCUT2D eigenvalue weighted by Gasteiger charge is 2.08. The van der Waals surface area contributed by atoms with Gasteiger partial charge in [-0.15, -0.1) is 10.2 Å². The van der Waals surface area contributed by atoms with Gasteiger partial charge in [-0.1, -0.05) is 36.4 Å². The van der Waals surface area contributed by atoms with E-state index in [1.54, 1.807) is 0 Å². The quantitative estimate of drug-likeness (QED) is 0.607. The summed E-state index contributed by atoms with van der Waals surface area (Å²) >= 11 is 0. The van der Waals surface area contributed by atoms with Crippen LogP contribution in [0.5, 0.6) is 0 Å². The van der Waals surface area contributed by atoms with Crippen molar-refractivity contribution in [1.29, 1.82) is 0 Å². The first-order valence-corrected chi connectivity index (χ1v) is 6.85. The van der Waals surface area contributed by atoms with Crippen molar-refractivity contribution in [2.45, 2.75) is 0 Å². The van der Waals surface area contributed by atoms with Crippen LogP contribution >= 0.6 is 0 Å². The molecule has 106 valence electrons. The molecule has 6 heteroatoms. The minimum absolute atomic E-state index is 0.570. The van der Waals surface area contributed by atoms with Crippen LogP contribution in [0.25, 0.3) is 34.4 Å². The van der Waals surface area contributed by atoms with E-state index in [1.807, 2.05) is 48.6 Å². The van der Waals surface area contributed by atoms with E-state index in [4.69, 9.17) is 0 Å². The van der Waals surface area contributed by atoms with Gasteiger partial charge in [0.05, 0.1) is 11.2 Å². The first kappa shape index (κ1) is 12.5. The maximum absolute atomic E-state index is 4.36. The molecule has 0 bridgehead atoms. The van der Waals surface area contributed by atoms with E-state index in [0.717, 1.165) is 27.7 Å². The van der Waals surface area contributed by atoms with Gasteiger partial charge in [-0.25, -0.2) is 0 Å². The molecular formula is C16H12N6. The summed E-state index contributed by atoms with van der Waals surface area (Å²) in [4.78, 5) is 0. The molecule has 2 N–H and O–H groups in total. The smallest absolute Gasteiger partial charge is 0.204 e. The number of hydrogen-bond acceptors (Lipinski definition) is 4. The van der Waals surface area contributed by atoms with Crippen molar-refractivity contribution in [3.63, 3.8) is 0 Å². The second-order valence-corrected chi connectivity index (χ2v) is 4.85. The largest absolute Gasteiger partial charge is 0.277 e. The Hall–Kier alpha value is -3.28. The Morgan fingerprint density at radius 3 is 2.64 bits per heavy atom. The average molecular weight is 288 g/mol. The molecule has 0 aliphatic carbocycles. The number of fused-ring (bicyclic) bond motifs is 1. The maximum atomic E-state index is 4.36. The van der Waals surface area contributed by atoms with Crippen molar-refractivity contribution in [1.82, 2.24) is 30.8 Å². The molecule has 0 fully saturated rings. The molecule has 4 aromatic rings. The zero-order valence-corrected chi connectivity index (χ0v) is 11.6. The number of tetrazole rings is 1. The van der Waals surface area contributed by atoms with Gasteiger partial charge in [0.1, 0.15) is 0 Å². The van der Waals surface area contributed by atoms with Gasteiger partial charge in [-0.05, 0) is 35.1 Å². The summed E-state index contributed by atoms with van der Waals surface area (Å²) < 4.78 is 0. The van der Waals surface area contributed by atoms with Gasteiger partial charge in [0.2, 0.25) is 5.82 Å². The Morgan fingerprint density at radius 1 is 0.909 bits per heavy atom. The lowest BCUT2D eigenvalue weighted by atomic mass is 10.1. The van der Waals surface area contributed by atoms with Crippen LogP contribution in [0.4, 0.5) is 0 Å². The predicted molar refractivity (Wildman–Crippen MR) is 84.6 cm³/mol. The standard InChI is InChI=1S/C16H12N6/c1-2-4-11(5-3-1)6-8-14-13-10-12(16-19-21-22-20-16)7-9-15(13)18-17-14/h1-10H,(H,17,18)(H,19,20,21,22). The molecule has 0 aliphatic rings. The Balaban J connectivity index is 1.75. The van der Waals surface area contributed by atoms with Crippen molar-refractivity contribution in [3.05, 3.63) is 59.8 Å². The van der Waals surface area contributed by atoms with Crippen LogP contribution < -0.4 is 0 Å². The molecule has 22 heavy (non-hydrogen) atoms. The number of benzene rings is 2. The summed E-state index contributed by atoms with van der Waals surface area (Å²) in [5, 5.41) is 22.5. The highest BCUT2D eigenvalue weighted by Crippen LogP contribution is 2.23. The molecule has 2 heterocycles. The summed E-state index contributed by atoms with van der Waals surface area (Å²) in [5.41, 5.74) is 3.88. The molecular weight excluding hydrogens is 276 g/mol. The number of hydrogen-bond donors (Lipinski definition) is 2.